The molecule has 1 aliphatic rings. The van der Waals surface area contributed by atoms with E-state index in [-0.39, 0.29) is 18.3 Å². The van der Waals surface area contributed by atoms with Gasteiger partial charge in [-0.3, -0.25) is 4.79 Å². The third-order valence-corrected chi connectivity index (χ3v) is 3.41. The number of carbonyl (C=O) groups is 1. The number of nitrogen functional groups attached to an aromatic ring is 1. The predicted octanol–water partition coefficient (Wildman–Crippen LogP) is 2.61. The lowest BCUT2D eigenvalue weighted by Crippen LogP contribution is -2.39. The Bertz CT molecular complexity index is 385. The highest BCUT2D eigenvalue weighted by atomic mass is 35.5. The number of rotatable bonds is 3. The molecule has 1 saturated carbocycles. The highest BCUT2D eigenvalue weighted by molar-refractivity contribution is 5.94. The van der Waals surface area contributed by atoms with Crippen molar-refractivity contribution in [1.82, 2.24) is 5.32 Å². The van der Waals surface area contributed by atoms with Gasteiger partial charge in [-0.25, -0.2) is 0 Å². The van der Waals surface area contributed by atoms with E-state index in [0.29, 0.717) is 16.7 Å². The second kappa shape index (κ2) is 5.41. The first-order valence-corrected chi connectivity index (χ1v) is 5.73. The summed E-state index contributed by atoms with van der Waals surface area (Å²) >= 11 is 0. The summed E-state index contributed by atoms with van der Waals surface area (Å²) in [4.78, 5) is 11.8. The van der Waals surface area contributed by atoms with Crippen molar-refractivity contribution in [2.24, 2.45) is 5.41 Å². The minimum Gasteiger partial charge on any atom is -0.399 e. The highest BCUT2D eigenvalue weighted by Crippen LogP contribution is 2.39. The summed E-state index contributed by atoms with van der Waals surface area (Å²) in [6.45, 7) is 3.00. The minimum absolute atomic E-state index is 0. The average molecular weight is 255 g/mol. The molecule has 0 spiro atoms. The Labute approximate surface area is 108 Å². The molecule has 0 bridgehead atoms. The molecule has 0 unspecified atom stereocenters. The molecule has 2 rings (SSSR count). The molecule has 1 aromatic carbocycles. The molecule has 0 heterocycles. The molecule has 1 aliphatic carbocycles. The van der Waals surface area contributed by atoms with E-state index in [1.165, 1.54) is 19.3 Å². The predicted molar refractivity (Wildman–Crippen MR) is 72.4 cm³/mol. The number of halogens is 1. The Morgan fingerprint density at radius 2 is 1.94 bits per heavy atom. The Morgan fingerprint density at radius 1 is 1.35 bits per heavy atom. The van der Waals surface area contributed by atoms with E-state index < -0.39 is 0 Å². The molecule has 94 valence electrons. The van der Waals surface area contributed by atoms with Gasteiger partial charge in [-0.15, -0.1) is 12.4 Å². The maximum Gasteiger partial charge on any atom is 0.251 e. The van der Waals surface area contributed by atoms with Gasteiger partial charge in [-0.05, 0) is 42.5 Å². The average Bonchev–Trinajstić information content (AvgIpc) is 2.24. The molecule has 3 nitrogen and oxygen atoms in total. The molecule has 1 aromatic rings. The van der Waals surface area contributed by atoms with Gasteiger partial charge in [0, 0.05) is 17.8 Å². The van der Waals surface area contributed by atoms with Crippen molar-refractivity contribution in [2.45, 2.75) is 26.2 Å². The van der Waals surface area contributed by atoms with Crippen LogP contribution in [0.5, 0.6) is 0 Å². The maximum absolute atomic E-state index is 11.8. The SMILES string of the molecule is CC1(CNC(=O)c2ccc(N)cc2)CCC1.Cl. The van der Waals surface area contributed by atoms with Crippen molar-refractivity contribution in [3.8, 4) is 0 Å². The largest absolute Gasteiger partial charge is 0.399 e. The van der Waals surface area contributed by atoms with E-state index in [2.05, 4.69) is 12.2 Å². The van der Waals surface area contributed by atoms with Crippen LogP contribution < -0.4 is 11.1 Å². The van der Waals surface area contributed by atoms with Crippen LogP contribution in [0, 0.1) is 5.41 Å². The third kappa shape index (κ3) is 3.37. The first-order chi connectivity index (χ1) is 7.59. The Balaban J connectivity index is 0.00000144. The third-order valence-electron chi connectivity index (χ3n) is 3.41. The molecule has 0 aliphatic heterocycles. The summed E-state index contributed by atoms with van der Waals surface area (Å²) in [6.07, 6.45) is 3.72. The summed E-state index contributed by atoms with van der Waals surface area (Å²) in [5.74, 6) is -0.00637. The number of hydrogen-bond donors (Lipinski definition) is 2. The second-order valence-electron chi connectivity index (χ2n) is 4.97. The lowest BCUT2D eigenvalue weighted by molar-refractivity contribution is 0.0891. The van der Waals surface area contributed by atoms with Gasteiger partial charge >= 0.3 is 0 Å². The van der Waals surface area contributed by atoms with Crippen LogP contribution in [0.2, 0.25) is 0 Å². The zero-order chi connectivity index (χ0) is 11.6. The van der Waals surface area contributed by atoms with Crippen molar-refractivity contribution in [1.29, 1.82) is 0 Å². The van der Waals surface area contributed by atoms with Crippen LogP contribution in [-0.2, 0) is 0 Å². The standard InChI is InChI=1S/C13H18N2O.ClH/c1-13(7-2-8-13)9-15-12(16)10-3-5-11(14)6-4-10;/h3-6H,2,7-9,14H2,1H3,(H,15,16);1H. The monoisotopic (exact) mass is 254 g/mol. The number of nitrogens with two attached hydrogens (primary N) is 1. The molecule has 1 fully saturated rings. The van der Waals surface area contributed by atoms with Gasteiger partial charge in [0.15, 0.2) is 0 Å². The number of nitrogens with one attached hydrogen (secondary N) is 1. The van der Waals surface area contributed by atoms with Crippen LogP contribution in [0.25, 0.3) is 0 Å². The first kappa shape index (κ1) is 13.8. The van der Waals surface area contributed by atoms with E-state index in [0.717, 1.165) is 6.54 Å². The van der Waals surface area contributed by atoms with E-state index in [9.17, 15) is 4.79 Å². The van der Waals surface area contributed by atoms with E-state index >= 15 is 0 Å². The lowest BCUT2D eigenvalue weighted by atomic mass is 9.70. The molecule has 0 saturated heterocycles. The summed E-state index contributed by atoms with van der Waals surface area (Å²) in [6, 6.07) is 7.02. The molecule has 4 heteroatoms. The first-order valence-electron chi connectivity index (χ1n) is 5.73. The van der Waals surface area contributed by atoms with E-state index in [1.54, 1.807) is 24.3 Å². The molecule has 17 heavy (non-hydrogen) atoms. The summed E-state index contributed by atoms with van der Waals surface area (Å²) < 4.78 is 0. The number of amides is 1. The maximum atomic E-state index is 11.8. The van der Waals surface area contributed by atoms with Crippen molar-refractivity contribution < 1.29 is 4.79 Å². The van der Waals surface area contributed by atoms with Crippen LogP contribution in [0.1, 0.15) is 36.5 Å². The number of anilines is 1. The zero-order valence-electron chi connectivity index (χ0n) is 10.0. The van der Waals surface area contributed by atoms with Crippen LogP contribution in [0.15, 0.2) is 24.3 Å². The topological polar surface area (TPSA) is 55.1 Å². The normalized spacial score (nSPS) is 16.5. The number of carbonyl (C=O) groups excluding carboxylic acids is 1. The van der Waals surface area contributed by atoms with Crippen LogP contribution in [0.3, 0.4) is 0 Å². The van der Waals surface area contributed by atoms with Gasteiger partial charge in [0.1, 0.15) is 0 Å². The van der Waals surface area contributed by atoms with Crippen LogP contribution in [0.4, 0.5) is 5.69 Å². The lowest BCUT2D eigenvalue weighted by Gasteiger charge is -2.38. The quantitative estimate of drug-likeness (QED) is 0.815. The van der Waals surface area contributed by atoms with Gasteiger partial charge in [0.2, 0.25) is 0 Å². The molecule has 0 atom stereocenters. The van der Waals surface area contributed by atoms with Gasteiger partial charge in [0.25, 0.3) is 5.91 Å². The molecule has 3 N–H and O–H groups in total. The fraction of sp³-hybridized carbons (Fsp3) is 0.462. The zero-order valence-corrected chi connectivity index (χ0v) is 10.8. The Hall–Kier alpha value is -1.22. The summed E-state index contributed by atoms with van der Waals surface area (Å²) in [7, 11) is 0. The van der Waals surface area contributed by atoms with Crippen molar-refractivity contribution in [3.05, 3.63) is 29.8 Å². The Kier molecular flexibility index (Phi) is 4.40. The van der Waals surface area contributed by atoms with Gasteiger partial charge in [-0.2, -0.15) is 0 Å². The second-order valence-corrected chi connectivity index (χ2v) is 4.97. The number of benzene rings is 1. The van der Waals surface area contributed by atoms with Crippen molar-refractivity contribution >= 4 is 24.0 Å². The molecular formula is C13H19ClN2O. The van der Waals surface area contributed by atoms with Crippen molar-refractivity contribution in [3.63, 3.8) is 0 Å². The summed E-state index contributed by atoms with van der Waals surface area (Å²) in [5.41, 5.74) is 7.25. The fourth-order valence-corrected chi connectivity index (χ4v) is 1.99. The number of hydrogen-bond acceptors (Lipinski definition) is 2. The smallest absolute Gasteiger partial charge is 0.251 e. The van der Waals surface area contributed by atoms with E-state index in [4.69, 9.17) is 5.73 Å². The van der Waals surface area contributed by atoms with Gasteiger partial charge in [-0.1, -0.05) is 13.3 Å². The fourth-order valence-electron chi connectivity index (χ4n) is 1.99. The minimum atomic E-state index is -0.00637. The molecule has 1 amide bonds. The molecular weight excluding hydrogens is 236 g/mol. The van der Waals surface area contributed by atoms with Crippen LogP contribution >= 0.6 is 12.4 Å². The molecule has 0 radical (unpaired) electrons. The summed E-state index contributed by atoms with van der Waals surface area (Å²) in [5, 5.41) is 2.98. The Morgan fingerprint density at radius 3 is 2.41 bits per heavy atom. The van der Waals surface area contributed by atoms with Gasteiger partial charge in [0.05, 0.1) is 0 Å². The van der Waals surface area contributed by atoms with Crippen molar-refractivity contribution in [2.75, 3.05) is 12.3 Å². The highest BCUT2D eigenvalue weighted by Gasteiger charge is 2.31. The van der Waals surface area contributed by atoms with Gasteiger partial charge < -0.3 is 11.1 Å². The molecule has 0 aromatic heterocycles. The van der Waals surface area contributed by atoms with E-state index in [1.807, 2.05) is 0 Å². The van der Waals surface area contributed by atoms with Crippen LogP contribution in [-0.4, -0.2) is 12.5 Å².